The van der Waals surface area contributed by atoms with Crippen LogP contribution in [0.5, 0.6) is 0 Å². The Balaban J connectivity index is 2.05. The standard InChI is InChI=1S/C15H15Br2NOS/c1-15(2,13-4-3-5-20-13)9-18-14(19)10-6-11(16)8-12(17)7-10/h3-8H,9H2,1-2H3,(H,18,19). The van der Waals surface area contributed by atoms with Crippen molar-refractivity contribution in [1.29, 1.82) is 0 Å². The number of carbonyl (C=O) groups is 1. The lowest BCUT2D eigenvalue weighted by Crippen LogP contribution is -2.36. The molecule has 0 radical (unpaired) electrons. The van der Waals surface area contributed by atoms with E-state index >= 15 is 0 Å². The number of carbonyl (C=O) groups excluding carboxylic acids is 1. The average Bonchev–Trinajstić information content (AvgIpc) is 2.89. The summed E-state index contributed by atoms with van der Waals surface area (Å²) in [4.78, 5) is 13.5. The van der Waals surface area contributed by atoms with Gasteiger partial charge in [0, 0.05) is 31.3 Å². The molecule has 2 nitrogen and oxygen atoms in total. The highest BCUT2D eigenvalue weighted by Gasteiger charge is 2.22. The Morgan fingerprint density at radius 3 is 2.45 bits per heavy atom. The van der Waals surface area contributed by atoms with Crippen LogP contribution in [0.25, 0.3) is 0 Å². The molecule has 0 aliphatic carbocycles. The second kappa shape index (κ2) is 6.41. The SMILES string of the molecule is CC(C)(CNC(=O)c1cc(Br)cc(Br)c1)c1cccs1. The van der Waals surface area contributed by atoms with Crippen molar-refractivity contribution in [2.45, 2.75) is 19.3 Å². The van der Waals surface area contributed by atoms with Gasteiger partial charge in [0.2, 0.25) is 0 Å². The molecule has 1 amide bonds. The third kappa shape index (κ3) is 3.93. The zero-order chi connectivity index (χ0) is 14.8. The molecule has 0 aliphatic rings. The first-order valence-corrected chi connectivity index (χ1v) is 8.63. The first kappa shape index (κ1) is 15.7. The van der Waals surface area contributed by atoms with Crippen molar-refractivity contribution in [3.8, 4) is 0 Å². The van der Waals surface area contributed by atoms with E-state index in [-0.39, 0.29) is 11.3 Å². The molecule has 1 heterocycles. The smallest absolute Gasteiger partial charge is 0.251 e. The number of hydrogen-bond acceptors (Lipinski definition) is 2. The summed E-state index contributed by atoms with van der Waals surface area (Å²) < 4.78 is 1.77. The number of nitrogens with one attached hydrogen (secondary N) is 1. The van der Waals surface area contributed by atoms with Gasteiger partial charge in [-0.2, -0.15) is 0 Å². The summed E-state index contributed by atoms with van der Waals surface area (Å²) in [6.07, 6.45) is 0. The van der Waals surface area contributed by atoms with E-state index in [4.69, 9.17) is 0 Å². The molecule has 5 heteroatoms. The molecule has 0 fully saturated rings. The first-order chi connectivity index (χ1) is 9.38. The van der Waals surface area contributed by atoms with Crippen LogP contribution in [0.2, 0.25) is 0 Å². The fraction of sp³-hybridized carbons (Fsp3) is 0.267. The Bertz CT molecular complexity index is 588. The monoisotopic (exact) mass is 415 g/mol. The molecule has 2 rings (SSSR count). The van der Waals surface area contributed by atoms with Crippen molar-refractivity contribution in [1.82, 2.24) is 5.32 Å². The number of halogens is 2. The summed E-state index contributed by atoms with van der Waals surface area (Å²) in [6.45, 7) is 4.88. The normalized spacial score (nSPS) is 11.4. The fourth-order valence-electron chi connectivity index (χ4n) is 1.84. The predicted octanol–water partition coefficient (Wildman–Crippen LogP) is 4.98. The molecule has 0 saturated carbocycles. The van der Waals surface area contributed by atoms with Gasteiger partial charge < -0.3 is 5.32 Å². The maximum atomic E-state index is 12.2. The maximum Gasteiger partial charge on any atom is 0.251 e. The molecule has 1 aromatic carbocycles. The Morgan fingerprint density at radius 2 is 1.90 bits per heavy atom. The zero-order valence-corrected chi connectivity index (χ0v) is 15.2. The number of thiophene rings is 1. The maximum absolute atomic E-state index is 12.2. The molecule has 106 valence electrons. The van der Waals surface area contributed by atoms with Gasteiger partial charge in [-0.15, -0.1) is 11.3 Å². The number of hydrogen-bond donors (Lipinski definition) is 1. The lowest BCUT2D eigenvalue weighted by molar-refractivity contribution is 0.0946. The second-order valence-electron chi connectivity index (χ2n) is 5.20. The van der Waals surface area contributed by atoms with Crippen LogP contribution in [0.1, 0.15) is 29.1 Å². The van der Waals surface area contributed by atoms with E-state index in [0.29, 0.717) is 12.1 Å². The minimum Gasteiger partial charge on any atom is -0.351 e. The number of amides is 1. The summed E-state index contributed by atoms with van der Waals surface area (Å²) >= 11 is 8.51. The van der Waals surface area contributed by atoms with Crippen molar-refractivity contribution >= 4 is 49.1 Å². The van der Waals surface area contributed by atoms with Gasteiger partial charge >= 0.3 is 0 Å². The summed E-state index contributed by atoms with van der Waals surface area (Å²) in [5.74, 6) is -0.0587. The van der Waals surface area contributed by atoms with E-state index in [2.05, 4.69) is 62.5 Å². The molecule has 0 bridgehead atoms. The van der Waals surface area contributed by atoms with E-state index < -0.39 is 0 Å². The van der Waals surface area contributed by atoms with Crippen molar-refractivity contribution in [3.63, 3.8) is 0 Å². The Morgan fingerprint density at radius 1 is 1.25 bits per heavy atom. The van der Waals surface area contributed by atoms with Crippen molar-refractivity contribution in [2.75, 3.05) is 6.54 Å². The highest BCUT2D eigenvalue weighted by atomic mass is 79.9. The van der Waals surface area contributed by atoms with E-state index in [9.17, 15) is 4.79 Å². The third-order valence-electron chi connectivity index (χ3n) is 3.00. The molecule has 0 spiro atoms. The lowest BCUT2D eigenvalue weighted by atomic mass is 9.91. The molecule has 1 aromatic heterocycles. The molecule has 0 atom stereocenters. The van der Waals surface area contributed by atoms with E-state index in [1.165, 1.54) is 4.88 Å². The van der Waals surface area contributed by atoms with Gasteiger partial charge in [-0.1, -0.05) is 51.8 Å². The highest BCUT2D eigenvalue weighted by molar-refractivity contribution is 9.11. The summed E-state index contributed by atoms with van der Waals surface area (Å²) in [5, 5.41) is 5.07. The van der Waals surface area contributed by atoms with Crippen LogP contribution in [0.3, 0.4) is 0 Å². The summed E-state index contributed by atoms with van der Waals surface area (Å²) in [7, 11) is 0. The summed E-state index contributed by atoms with van der Waals surface area (Å²) in [6, 6.07) is 9.68. The van der Waals surface area contributed by atoms with Crippen LogP contribution in [0.4, 0.5) is 0 Å². The van der Waals surface area contributed by atoms with Gasteiger partial charge in [0.05, 0.1) is 0 Å². The summed E-state index contributed by atoms with van der Waals surface area (Å²) in [5.41, 5.74) is 0.584. The van der Waals surface area contributed by atoms with Crippen LogP contribution >= 0.6 is 43.2 Å². The average molecular weight is 417 g/mol. The number of benzene rings is 1. The quantitative estimate of drug-likeness (QED) is 0.747. The Hall–Kier alpha value is -0.650. The van der Waals surface area contributed by atoms with E-state index in [1.807, 2.05) is 24.3 Å². The van der Waals surface area contributed by atoms with Crippen LogP contribution in [-0.4, -0.2) is 12.5 Å². The molecule has 0 unspecified atom stereocenters. The molecular formula is C15H15Br2NOS. The largest absolute Gasteiger partial charge is 0.351 e. The van der Waals surface area contributed by atoms with Gasteiger partial charge in [-0.05, 0) is 29.6 Å². The second-order valence-corrected chi connectivity index (χ2v) is 7.98. The van der Waals surface area contributed by atoms with Gasteiger partial charge in [-0.25, -0.2) is 0 Å². The molecule has 20 heavy (non-hydrogen) atoms. The molecular weight excluding hydrogens is 402 g/mol. The topological polar surface area (TPSA) is 29.1 Å². The van der Waals surface area contributed by atoms with Crippen molar-refractivity contribution < 1.29 is 4.79 Å². The minimum atomic E-state index is -0.0624. The van der Waals surface area contributed by atoms with E-state index in [1.54, 1.807) is 11.3 Å². The zero-order valence-electron chi connectivity index (χ0n) is 11.2. The van der Waals surface area contributed by atoms with Gasteiger partial charge in [0.1, 0.15) is 0 Å². The molecule has 0 saturated heterocycles. The number of rotatable bonds is 4. The minimum absolute atomic E-state index is 0.0587. The van der Waals surface area contributed by atoms with Crippen LogP contribution in [0, 0.1) is 0 Å². The molecule has 1 N–H and O–H groups in total. The molecule has 2 aromatic rings. The third-order valence-corrected chi connectivity index (χ3v) is 5.16. The lowest BCUT2D eigenvalue weighted by Gasteiger charge is -2.23. The highest BCUT2D eigenvalue weighted by Crippen LogP contribution is 2.27. The predicted molar refractivity (Wildman–Crippen MR) is 91.5 cm³/mol. The van der Waals surface area contributed by atoms with Crippen LogP contribution in [-0.2, 0) is 5.41 Å². The van der Waals surface area contributed by atoms with Gasteiger partial charge in [0.15, 0.2) is 0 Å². The fourth-order valence-corrected chi connectivity index (χ4v) is 3.98. The first-order valence-electron chi connectivity index (χ1n) is 6.17. The van der Waals surface area contributed by atoms with Crippen LogP contribution < -0.4 is 5.32 Å². The van der Waals surface area contributed by atoms with Crippen LogP contribution in [0.15, 0.2) is 44.7 Å². The molecule has 0 aliphatic heterocycles. The van der Waals surface area contributed by atoms with Gasteiger partial charge in [-0.3, -0.25) is 4.79 Å². The van der Waals surface area contributed by atoms with Gasteiger partial charge in [0.25, 0.3) is 5.91 Å². The van der Waals surface area contributed by atoms with Crippen molar-refractivity contribution in [3.05, 3.63) is 55.1 Å². The van der Waals surface area contributed by atoms with E-state index in [0.717, 1.165) is 8.95 Å². The Labute approximate surface area is 139 Å². The Kier molecular flexibility index (Phi) is 5.04. The van der Waals surface area contributed by atoms with Crippen molar-refractivity contribution in [2.24, 2.45) is 0 Å².